The fourth-order valence-electron chi connectivity index (χ4n) is 2.87. The van der Waals surface area contributed by atoms with Crippen molar-refractivity contribution in [3.05, 3.63) is 47.5 Å². The molecule has 2 aromatic rings. The summed E-state index contributed by atoms with van der Waals surface area (Å²) in [5, 5.41) is 2.97. The number of ether oxygens (including phenoxy) is 1. The molecule has 1 N–H and O–H groups in total. The van der Waals surface area contributed by atoms with Crippen LogP contribution in [-0.2, 0) is 24.8 Å². The molecule has 1 amide bonds. The van der Waals surface area contributed by atoms with Gasteiger partial charge in [-0.25, -0.2) is 16.8 Å². The Hall–Kier alpha value is -2.50. The van der Waals surface area contributed by atoms with Gasteiger partial charge in [0.05, 0.1) is 30.4 Å². The van der Waals surface area contributed by atoms with Crippen molar-refractivity contribution in [2.45, 2.75) is 6.10 Å². The first-order valence-corrected chi connectivity index (χ1v) is 12.7. The number of amides is 1. The summed E-state index contributed by atoms with van der Waals surface area (Å²) in [5.41, 5.74) is 0.952. The number of anilines is 3. The van der Waals surface area contributed by atoms with Crippen molar-refractivity contribution in [2.75, 3.05) is 40.0 Å². The normalized spacial score (nSPS) is 16.4. The van der Waals surface area contributed by atoms with Gasteiger partial charge in [0.15, 0.2) is 6.10 Å². The van der Waals surface area contributed by atoms with E-state index in [9.17, 15) is 21.6 Å². The van der Waals surface area contributed by atoms with Crippen LogP contribution in [0.3, 0.4) is 0 Å². The fraction of sp³-hybridized carbons (Fsp3) is 0.278. The van der Waals surface area contributed by atoms with E-state index in [0.717, 1.165) is 21.1 Å². The van der Waals surface area contributed by atoms with Crippen molar-refractivity contribution < 1.29 is 26.4 Å². The third kappa shape index (κ3) is 4.79. The molecule has 1 heterocycles. The highest BCUT2D eigenvalue weighted by Crippen LogP contribution is 2.37. The molecule has 3 rings (SSSR count). The van der Waals surface area contributed by atoms with E-state index < -0.39 is 32.1 Å². The van der Waals surface area contributed by atoms with Crippen LogP contribution in [0.2, 0.25) is 5.02 Å². The van der Waals surface area contributed by atoms with E-state index in [4.69, 9.17) is 16.3 Å². The van der Waals surface area contributed by atoms with E-state index in [1.54, 1.807) is 18.2 Å². The molecule has 1 atom stereocenters. The third-order valence-corrected chi connectivity index (χ3v) is 7.05. The largest absolute Gasteiger partial charge is 0.476 e. The maximum atomic E-state index is 12.8. The number of nitrogens with one attached hydrogen (secondary N) is 1. The van der Waals surface area contributed by atoms with Gasteiger partial charge in [-0.05, 0) is 36.4 Å². The quantitative estimate of drug-likeness (QED) is 0.709. The Balaban J connectivity index is 1.85. The van der Waals surface area contributed by atoms with Crippen LogP contribution in [0.15, 0.2) is 42.5 Å². The first-order chi connectivity index (χ1) is 13.9. The summed E-state index contributed by atoms with van der Waals surface area (Å²) in [6.45, 7) is -0.235. The van der Waals surface area contributed by atoms with E-state index in [1.807, 2.05) is 0 Å². The second kappa shape index (κ2) is 7.97. The van der Waals surface area contributed by atoms with Gasteiger partial charge >= 0.3 is 0 Å². The van der Waals surface area contributed by atoms with E-state index in [-0.39, 0.29) is 18.0 Å². The number of sulfonamides is 2. The topological polar surface area (TPSA) is 113 Å². The van der Waals surface area contributed by atoms with Gasteiger partial charge in [0.1, 0.15) is 5.75 Å². The number of rotatable bonds is 5. The van der Waals surface area contributed by atoms with E-state index in [0.29, 0.717) is 16.4 Å². The summed E-state index contributed by atoms with van der Waals surface area (Å²) in [6, 6.07) is 10.7. The Kier molecular flexibility index (Phi) is 5.89. The Labute approximate surface area is 180 Å². The Morgan fingerprint density at radius 3 is 2.50 bits per heavy atom. The molecule has 0 spiro atoms. The zero-order chi connectivity index (χ0) is 22.3. The molecule has 0 unspecified atom stereocenters. The first kappa shape index (κ1) is 22.2. The van der Waals surface area contributed by atoms with Crippen LogP contribution in [-0.4, -0.2) is 55.0 Å². The summed E-state index contributed by atoms with van der Waals surface area (Å²) < 4.78 is 55.8. The molecular weight excluding hydrogens is 454 g/mol. The minimum absolute atomic E-state index is 0.210. The molecule has 9 nitrogen and oxygen atoms in total. The molecule has 12 heteroatoms. The monoisotopic (exact) mass is 473 g/mol. The number of benzene rings is 2. The highest BCUT2D eigenvalue weighted by molar-refractivity contribution is 7.92. The highest BCUT2D eigenvalue weighted by Gasteiger charge is 2.35. The van der Waals surface area contributed by atoms with Crippen LogP contribution in [0.25, 0.3) is 0 Å². The van der Waals surface area contributed by atoms with Gasteiger partial charge in [0.2, 0.25) is 20.0 Å². The van der Waals surface area contributed by atoms with Crippen LogP contribution in [0.1, 0.15) is 0 Å². The second-order valence-electron chi connectivity index (χ2n) is 6.78. The lowest BCUT2D eigenvalue weighted by Crippen LogP contribution is -2.48. The van der Waals surface area contributed by atoms with Crippen LogP contribution in [0.5, 0.6) is 5.75 Å². The smallest absolute Gasteiger partial charge is 0.267 e. The molecule has 0 aromatic heterocycles. The number of fused-ring (bicyclic) bond motifs is 1. The Morgan fingerprint density at radius 2 is 1.87 bits per heavy atom. The summed E-state index contributed by atoms with van der Waals surface area (Å²) in [5.74, 6) is -0.370. The van der Waals surface area contributed by atoms with E-state index in [2.05, 4.69) is 5.32 Å². The van der Waals surface area contributed by atoms with Gasteiger partial charge in [-0.15, -0.1) is 0 Å². The predicted molar refractivity (Wildman–Crippen MR) is 116 cm³/mol. The average Bonchev–Trinajstić information content (AvgIpc) is 2.65. The van der Waals surface area contributed by atoms with Crippen LogP contribution in [0, 0.1) is 0 Å². The molecule has 0 saturated heterocycles. The molecule has 162 valence electrons. The van der Waals surface area contributed by atoms with Crippen molar-refractivity contribution >= 4 is 54.6 Å². The second-order valence-corrected chi connectivity index (χ2v) is 11.1. The number of hydrogen-bond donors (Lipinski definition) is 1. The lowest BCUT2D eigenvalue weighted by atomic mass is 10.2. The molecule has 30 heavy (non-hydrogen) atoms. The molecule has 2 aromatic carbocycles. The minimum Gasteiger partial charge on any atom is -0.476 e. The molecule has 0 saturated carbocycles. The molecule has 0 bridgehead atoms. The van der Waals surface area contributed by atoms with Crippen LogP contribution >= 0.6 is 11.6 Å². The summed E-state index contributed by atoms with van der Waals surface area (Å²) >= 11 is 5.97. The lowest BCUT2D eigenvalue weighted by molar-refractivity contribution is -0.122. The van der Waals surface area contributed by atoms with Crippen molar-refractivity contribution in [3.8, 4) is 5.75 Å². The summed E-state index contributed by atoms with van der Waals surface area (Å²) in [4.78, 5) is 12.8. The van der Waals surface area contributed by atoms with Crippen molar-refractivity contribution in [1.82, 2.24) is 0 Å². The van der Waals surface area contributed by atoms with Gasteiger partial charge in [0, 0.05) is 17.8 Å². The van der Waals surface area contributed by atoms with Gasteiger partial charge in [-0.1, -0.05) is 17.7 Å². The van der Waals surface area contributed by atoms with Gasteiger partial charge in [-0.3, -0.25) is 13.4 Å². The molecular formula is C18H20ClN3O6S2. The highest BCUT2D eigenvalue weighted by atomic mass is 35.5. The zero-order valence-electron chi connectivity index (χ0n) is 16.4. The predicted octanol–water partition coefficient (Wildman–Crippen LogP) is 1.90. The fourth-order valence-corrected chi connectivity index (χ4v) is 4.44. The molecule has 0 radical (unpaired) electrons. The van der Waals surface area contributed by atoms with Crippen molar-refractivity contribution in [2.24, 2.45) is 0 Å². The molecule has 0 aliphatic carbocycles. The summed E-state index contributed by atoms with van der Waals surface area (Å²) in [6.07, 6.45) is 0.977. The van der Waals surface area contributed by atoms with Crippen molar-refractivity contribution in [3.63, 3.8) is 0 Å². The SMILES string of the molecule is CN(c1cccc(NC(=O)[C@@H]2CN(S(C)(=O)=O)c3cc(Cl)ccc3O2)c1)S(C)(=O)=O. The number of carbonyl (C=O) groups excluding carboxylic acids is 1. The number of carbonyl (C=O) groups is 1. The minimum atomic E-state index is -3.69. The Morgan fingerprint density at radius 1 is 1.17 bits per heavy atom. The molecule has 0 fully saturated rings. The van der Waals surface area contributed by atoms with Gasteiger partial charge < -0.3 is 10.1 Å². The van der Waals surface area contributed by atoms with Gasteiger partial charge in [0.25, 0.3) is 5.91 Å². The van der Waals surface area contributed by atoms with Gasteiger partial charge in [-0.2, -0.15) is 0 Å². The number of hydrogen-bond acceptors (Lipinski definition) is 6. The third-order valence-electron chi connectivity index (χ3n) is 4.46. The maximum Gasteiger partial charge on any atom is 0.267 e. The molecule has 1 aliphatic rings. The van der Waals surface area contributed by atoms with E-state index in [1.165, 1.54) is 31.3 Å². The number of halogens is 1. The molecule has 1 aliphatic heterocycles. The summed E-state index contributed by atoms with van der Waals surface area (Å²) in [7, 11) is -5.76. The van der Waals surface area contributed by atoms with Crippen LogP contribution < -0.4 is 18.7 Å². The van der Waals surface area contributed by atoms with Crippen molar-refractivity contribution in [1.29, 1.82) is 0 Å². The first-order valence-electron chi connectivity index (χ1n) is 8.65. The average molecular weight is 474 g/mol. The van der Waals surface area contributed by atoms with E-state index >= 15 is 0 Å². The Bertz CT molecular complexity index is 1200. The van der Waals surface area contributed by atoms with Crippen LogP contribution in [0.4, 0.5) is 17.1 Å². The maximum absolute atomic E-state index is 12.8. The lowest BCUT2D eigenvalue weighted by Gasteiger charge is -2.34. The standard InChI is InChI=1S/C18H20ClN3O6S2/c1-21(29(2,24)25)14-6-4-5-13(10-14)20-18(23)17-11-22(30(3,26)27)15-9-12(19)7-8-16(15)28-17/h4-10,17H,11H2,1-3H3,(H,20,23)/t17-/m0/s1. The zero-order valence-corrected chi connectivity index (χ0v) is 18.8. The number of nitrogens with zero attached hydrogens (tertiary/aromatic N) is 2.